The minimum Gasteiger partial charge on any atom is -0.504 e. The zero-order valence-electron chi connectivity index (χ0n) is 13.8. The van der Waals surface area contributed by atoms with E-state index in [-0.39, 0.29) is 28.6 Å². The molecule has 0 bridgehead atoms. The van der Waals surface area contributed by atoms with Gasteiger partial charge in [-0.3, -0.25) is 4.79 Å². The molecule has 24 heavy (non-hydrogen) atoms. The Morgan fingerprint density at radius 2 is 2.08 bits per heavy atom. The van der Waals surface area contributed by atoms with Crippen LogP contribution in [-0.2, 0) is 14.3 Å². The number of amides is 1. The standard InChI is InChI=1S/C18H19NO5/c1-5-8-19-11(2)16(18(22)24-4)13(17(19)21)9-12-6-7-14(20)15(10-12)23-3/h5-7,9-10,20H,1,8H2,2-4H3/b13-9-. The fourth-order valence-electron chi connectivity index (χ4n) is 2.53. The fraction of sp³-hybridized carbons (Fsp3) is 0.222. The second kappa shape index (κ2) is 7.04. The molecule has 1 aliphatic heterocycles. The van der Waals surface area contributed by atoms with E-state index in [4.69, 9.17) is 9.47 Å². The number of aromatic hydroxyl groups is 1. The lowest BCUT2D eigenvalue weighted by molar-refractivity contribution is -0.136. The lowest BCUT2D eigenvalue weighted by Gasteiger charge is -2.14. The van der Waals surface area contributed by atoms with Crippen molar-refractivity contribution in [3.05, 3.63) is 53.3 Å². The monoisotopic (exact) mass is 329 g/mol. The first-order chi connectivity index (χ1) is 11.4. The number of allylic oxidation sites excluding steroid dienone is 1. The van der Waals surface area contributed by atoms with Crippen LogP contribution in [0.3, 0.4) is 0 Å². The van der Waals surface area contributed by atoms with E-state index in [2.05, 4.69) is 6.58 Å². The molecule has 0 unspecified atom stereocenters. The Morgan fingerprint density at radius 3 is 2.67 bits per heavy atom. The first kappa shape index (κ1) is 17.3. The van der Waals surface area contributed by atoms with Gasteiger partial charge in [-0.1, -0.05) is 12.1 Å². The molecule has 0 aliphatic carbocycles. The summed E-state index contributed by atoms with van der Waals surface area (Å²) in [4.78, 5) is 26.2. The van der Waals surface area contributed by atoms with E-state index in [9.17, 15) is 14.7 Å². The van der Waals surface area contributed by atoms with Gasteiger partial charge in [-0.05, 0) is 30.7 Å². The van der Waals surface area contributed by atoms with E-state index in [0.29, 0.717) is 17.8 Å². The largest absolute Gasteiger partial charge is 0.504 e. The van der Waals surface area contributed by atoms with Crippen molar-refractivity contribution in [2.75, 3.05) is 20.8 Å². The van der Waals surface area contributed by atoms with Gasteiger partial charge in [0.1, 0.15) is 0 Å². The number of esters is 1. The van der Waals surface area contributed by atoms with E-state index < -0.39 is 5.97 Å². The van der Waals surface area contributed by atoms with Gasteiger partial charge < -0.3 is 19.5 Å². The Morgan fingerprint density at radius 1 is 1.38 bits per heavy atom. The molecule has 6 nitrogen and oxygen atoms in total. The molecule has 1 amide bonds. The molecule has 1 aromatic rings. The Balaban J connectivity index is 2.55. The number of benzene rings is 1. The van der Waals surface area contributed by atoms with Gasteiger partial charge >= 0.3 is 5.97 Å². The summed E-state index contributed by atoms with van der Waals surface area (Å²) < 4.78 is 9.87. The molecule has 126 valence electrons. The Bertz CT molecular complexity index is 761. The van der Waals surface area contributed by atoms with Crippen molar-refractivity contribution in [3.63, 3.8) is 0 Å². The first-order valence-electron chi connectivity index (χ1n) is 7.25. The number of nitrogens with zero attached hydrogens (tertiary/aromatic N) is 1. The molecule has 0 spiro atoms. The number of hydrogen-bond donors (Lipinski definition) is 1. The second-order valence-corrected chi connectivity index (χ2v) is 5.15. The molecule has 0 aromatic heterocycles. The maximum absolute atomic E-state index is 12.6. The molecule has 6 heteroatoms. The predicted octanol–water partition coefficient (Wildman–Crippen LogP) is 2.26. The summed E-state index contributed by atoms with van der Waals surface area (Å²) in [5.74, 6) is -0.618. The number of ether oxygens (including phenoxy) is 2. The van der Waals surface area contributed by atoms with Crippen molar-refractivity contribution in [2.24, 2.45) is 0 Å². The molecule has 1 aromatic carbocycles. The molecule has 1 heterocycles. The van der Waals surface area contributed by atoms with Crippen molar-refractivity contribution in [3.8, 4) is 11.5 Å². The van der Waals surface area contributed by atoms with Crippen molar-refractivity contribution in [1.82, 2.24) is 4.90 Å². The SMILES string of the molecule is C=CCN1C(=O)/C(=C\c2ccc(O)c(OC)c2)C(C(=O)OC)=C1C. The summed E-state index contributed by atoms with van der Waals surface area (Å²) in [5.41, 5.74) is 1.58. The number of methoxy groups -OCH3 is 2. The van der Waals surface area contributed by atoms with E-state index >= 15 is 0 Å². The van der Waals surface area contributed by atoms with Crippen molar-refractivity contribution >= 4 is 18.0 Å². The lowest BCUT2D eigenvalue weighted by Crippen LogP contribution is -2.24. The topological polar surface area (TPSA) is 76.1 Å². The molecule has 2 rings (SSSR count). The van der Waals surface area contributed by atoms with Crippen LogP contribution in [0.25, 0.3) is 6.08 Å². The lowest BCUT2D eigenvalue weighted by atomic mass is 10.0. The molecule has 0 saturated carbocycles. The van der Waals surface area contributed by atoms with Crippen LogP contribution in [-0.4, -0.2) is 42.6 Å². The summed E-state index contributed by atoms with van der Waals surface area (Å²) in [6.07, 6.45) is 3.16. The van der Waals surface area contributed by atoms with Crippen LogP contribution in [0.15, 0.2) is 47.7 Å². The van der Waals surface area contributed by atoms with Gasteiger partial charge in [0.2, 0.25) is 0 Å². The quantitative estimate of drug-likeness (QED) is 0.509. The zero-order valence-corrected chi connectivity index (χ0v) is 13.8. The van der Waals surface area contributed by atoms with Crippen molar-refractivity contribution in [1.29, 1.82) is 0 Å². The van der Waals surface area contributed by atoms with Crippen LogP contribution < -0.4 is 4.74 Å². The minimum absolute atomic E-state index is 0.00871. The third kappa shape index (κ3) is 3.03. The average Bonchev–Trinajstić information content (AvgIpc) is 2.80. The van der Waals surface area contributed by atoms with Crippen LogP contribution in [0.2, 0.25) is 0 Å². The summed E-state index contributed by atoms with van der Waals surface area (Å²) in [6, 6.07) is 4.66. The normalized spacial score (nSPS) is 15.9. The van der Waals surface area contributed by atoms with E-state index in [1.807, 2.05) is 0 Å². The third-order valence-electron chi connectivity index (χ3n) is 3.73. The average molecular weight is 329 g/mol. The highest BCUT2D eigenvalue weighted by Gasteiger charge is 2.36. The van der Waals surface area contributed by atoms with Gasteiger partial charge in [-0.2, -0.15) is 0 Å². The molecule has 1 N–H and O–H groups in total. The molecule has 0 radical (unpaired) electrons. The number of phenolic OH excluding ortho intramolecular Hbond substituents is 1. The first-order valence-corrected chi connectivity index (χ1v) is 7.25. The number of phenols is 1. The highest BCUT2D eigenvalue weighted by atomic mass is 16.5. The van der Waals surface area contributed by atoms with Crippen LogP contribution in [0.4, 0.5) is 0 Å². The van der Waals surface area contributed by atoms with Crippen LogP contribution in [0, 0.1) is 0 Å². The minimum atomic E-state index is -0.579. The summed E-state index contributed by atoms with van der Waals surface area (Å²) in [7, 11) is 2.70. The smallest absolute Gasteiger partial charge is 0.340 e. The summed E-state index contributed by atoms with van der Waals surface area (Å²) >= 11 is 0. The van der Waals surface area contributed by atoms with Gasteiger partial charge in [0, 0.05) is 12.2 Å². The van der Waals surface area contributed by atoms with Crippen LogP contribution in [0.1, 0.15) is 12.5 Å². The maximum Gasteiger partial charge on any atom is 0.340 e. The third-order valence-corrected chi connectivity index (χ3v) is 3.73. The Hall–Kier alpha value is -3.02. The van der Waals surface area contributed by atoms with Crippen LogP contribution >= 0.6 is 0 Å². The summed E-state index contributed by atoms with van der Waals surface area (Å²) in [5, 5.41) is 9.66. The second-order valence-electron chi connectivity index (χ2n) is 5.15. The van der Waals surface area contributed by atoms with Crippen LogP contribution in [0.5, 0.6) is 11.5 Å². The van der Waals surface area contributed by atoms with Crippen molar-refractivity contribution < 1.29 is 24.2 Å². The highest BCUT2D eigenvalue weighted by Crippen LogP contribution is 2.33. The zero-order chi connectivity index (χ0) is 17.9. The summed E-state index contributed by atoms with van der Waals surface area (Å²) in [6.45, 7) is 5.61. The number of carbonyl (C=O) groups excluding carboxylic acids is 2. The maximum atomic E-state index is 12.6. The molecule has 0 fully saturated rings. The van der Waals surface area contributed by atoms with E-state index in [0.717, 1.165) is 0 Å². The van der Waals surface area contributed by atoms with E-state index in [1.54, 1.807) is 31.2 Å². The van der Waals surface area contributed by atoms with Gasteiger partial charge in [0.05, 0.1) is 25.4 Å². The molecular formula is C18H19NO5. The van der Waals surface area contributed by atoms with Crippen molar-refractivity contribution in [2.45, 2.75) is 6.92 Å². The number of carbonyl (C=O) groups is 2. The van der Waals surface area contributed by atoms with Gasteiger partial charge in [0.25, 0.3) is 5.91 Å². The molecule has 1 aliphatic rings. The van der Waals surface area contributed by atoms with E-state index in [1.165, 1.54) is 25.2 Å². The Kier molecular flexibility index (Phi) is 5.08. The molecule has 0 saturated heterocycles. The number of hydrogen-bond acceptors (Lipinski definition) is 5. The molecular weight excluding hydrogens is 310 g/mol. The van der Waals surface area contributed by atoms with Gasteiger partial charge in [0.15, 0.2) is 11.5 Å². The predicted molar refractivity (Wildman–Crippen MR) is 89.3 cm³/mol. The number of rotatable bonds is 5. The Labute approximate surface area is 140 Å². The van der Waals surface area contributed by atoms with Gasteiger partial charge in [-0.15, -0.1) is 6.58 Å². The fourth-order valence-corrected chi connectivity index (χ4v) is 2.53. The highest BCUT2D eigenvalue weighted by molar-refractivity contribution is 6.16. The van der Waals surface area contributed by atoms with Gasteiger partial charge in [-0.25, -0.2) is 4.79 Å². The molecule has 0 atom stereocenters.